The van der Waals surface area contributed by atoms with Crippen LogP contribution in [0.3, 0.4) is 0 Å². The quantitative estimate of drug-likeness (QED) is 0.328. The number of hydrogen-bond acceptors (Lipinski definition) is 7. The van der Waals surface area contributed by atoms with Gasteiger partial charge in [-0.15, -0.1) is 0 Å². The molecule has 0 spiro atoms. The van der Waals surface area contributed by atoms with Crippen LogP contribution in [0.2, 0.25) is 0 Å². The number of aromatic nitrogens is 2. The fraction of sp³-hybridized carbons (Fsp3) is 0.211. The predicted octanol–water partition coefficient (Wildman–Crippen LogP) is 4.89. The standard InChI is InChI=1S/C19H14F3N3O5/c1-10-6-7-13(9-15(10)25(27)28)18(26)29-11(2)17-23-16(24-30-17)12-4-3-5-14(8-12)19(20,21)22/h3-9,11H,1-2H3. The Kier molecular flexibility index (Phi) is 5.54. The molecular formula is C19H14F3N3O5. The highest BCUT2D eigenvalue weighted by Gasteiger charge is 2.31. The van der Waals surface area contributed by atoms with Crippen molar-refractivity contribution in [2.75, 3.05) is 0 Å². The van der Waals surface area contributed by atoms with Gasteiger partial charge in [-0.25, -0.2) is 4.79 Å². The van der Waals surface area contributed by atoms with E-state index in [2.05, 4.69) is 10.1 Å². The summed E-state index contributed by atoms with van der Waals surface area (Å²) in [4.78, 5) is 26.7. The number of nitrogens with zero attached hydrogens (tertiary/aromatic N) is 3. The number of benzene rings is 2. The molecule has 1 heterocycles. The van der Waals surface area contributed by atoms with Crippen molar-refractivity contribution in [3.8, 4) is 11.4 Å². The third-order valence-electron chi connectivity index (χ3n) is 4.16. The normalized spacial score (nSPS) is 12.4. The minimum atomic E-state index is -4.53. The van der Waals surface area contributed by atoms with Crippen LogP contribution in [0.15, 0.2) is 47.0 Å². The van der Waals surface area contributed by atoms with Crippen LogP contribution in [0.25, 0.3) is 11.4 Å². The molecule has 8 nitrogen and oxygen atoms in total. The summed E-state index contributed by atoms with van der Waals surface area (Å²) in [5.74, 6) is -1.10. The Bertz CT molecular complexity index is 1110. The SMILES string of the molecule is Cc1ccc(C(=O)OC(C)c2nc(-c3cccc(C(F)(F)F)c3)no2)cc1[N+](=O)[O-]. The largest absolute Gasteiger partial charge is 0.449 e. The van der Waals surface area contributed by atoms with E-state index < -0.39 is 28.7 Å². The number of halogens is 3. The summed E-state index contributed by atoms with van der Waals surface area (Å²) in [7, 11) is 0. The Labute approximate surface area is 167 Å². The summed E-state index contributed by atoms with van der Waals surface area (Å²) in [6.07, 6.45) is -5.56. The molecule has 0 radical (unpaired) electrons. The smallest absolute Gasteiger partial charge is 0.416 e. The van der Waals surface area contributed by atoms with Crippen molar-refractivity contribution >= 4 is 11.7 Å². The van der Waals surface area contributed by atoms with Gasteiger partial charge in [0.1, 0.15) is 0 Å². The maximum absolute atomic E-state index is 12.9. The number of nitro benzene ring substituents is 1. The average molecular weight is 421 g/mol. The Morgan fingerprint density at radius 1 is 1.23 bits per heavy atom. The molecule has 0 amide bonds. The molecule has 0 N–H and O–H groups in total. The number of hydrogen-bond donors (Lipinski definition) is 0. The first-order chi connectivity index (χ1) is 14.1. The van der Waals surface area contributed by atoms with E-state index in [4.69, 9.17) is 9.26 Å². The molecular weight excluding hydrogens is 407 g/mol. The van der Waals surface area contributed by atoms with Gasteiger partial charge >= 0.3 is 12.1 Å². The zero-order chi connectivity index (χ0) is 22.1. The lowest BCUT2D eigenvalue weighted by Crippen LogP contribution is -2.10. The van der Waals surface area contributed by atoms with Gasteiger partial charge in [-0.3, -0.25) is 10.1 Å². The molecule has 0 saturated carbocycles. The summed E-state index contributed by atoms with van der Waals surface area (Å²) in [5.41, 5.74) is -0.690. The molecule has 2 aromatic carbocycles. The van der Waals surface area contributed by atoms with Crippen molar-refractivity contribution in [1.29, 1.82) is 0 Å². The monoisotopic (exact) mass is 421 g/mol. The molecule has 1 unspecified atom stereocenters. The van der Waals surface area contributed by atoms with Crippen LogP contribution < -0.4 is 0 Å². The Hall–Kier alpha value is -3.76. The second-order valence-electron chi connectivity index (χ2n) is 6.34. The van der Waals surface area contributed by atoms with Crippen molar-refractivity contribution in [3.63, 3.8) is 0 Å². The summed E-state index contributed by atoms with van der Waals surface area (Å²) in [6, 6.07) is 8.25. The van der Waals surface area contributed by atoms with Gasteiger partial charge < -0.3 is 9.26 Å². The molecule has 0 aliphatic rings. The van der Waals surface area contributed by atoms with Crippen LogP contribution in [-0.4, -0.2) is 21.0 Å². The number of aryl methyl sites for hydroxylation is 1. The average Bonchev–Trinajstić information content (AvgIpc) is 3.18. The summed E-state index contributed by atoms with van der Waals surface area (Å²) >= 11 is 0. The highest BCUT2D eigenvalue weighted by molar-refractivity contribution is 5.90. The van der Waals surface area contributed by atoms with Gasteiger partial charge in [-0.2, -0.15) is 18.2 Å². The lowest BCUT2D eigenvalue weighted by Gasteiger charge is -2.09. The first-order valence-electron chi connectivity index (χ1n) is 8.53. The summed E-state index contributed by atoms with van der Waals surface area (Å²) in [5, 5.41) is 14.6. The van der Waals surface area contributed by atoms with Crippen LogP contribution in [-0.2, 0) is 10.9 Å². The second kappa shape index (κ2) is 7.93. The zero-order valence-corrected chi connectivity index (χ0v) is 15.6. The maximum Gasteiger partial charge on any atom is 0.416 e. The molecule has 11 heteroatoms. The number of esters is 1. The van der Waals surface area contributed by atoms with E-state index >= 15 is 0 Å². The summed E-state index contributed by atoms with van der Waals surface area (Å²) in [6.45, 7) is 2.95. The van der Waals surface area contributed by atoms with Crippen LogP contribution in [0, 0.1) is 17.0 Å². The summed E-state index contributed by atoms with van der Waals surface area (Å²) < 4.78 is 48.8. The van der Waals surface area contributed by atoms with E-state index in [0.29, 0.717) is 5.56 Å². The predicted molar refractivity (Wildman–Crippen MR) is 96.4 cm³/mol. The van der Waals surface area contributed by atoms with Gasteiger partial charge in [0.25, 0.3) is 11.6 Å². The van der Waals surface area contributed by atoms with E-state index in [0.717, 1.165) is 18.2 Å². The Balaban J connectivity index is 1.77. The van der Waals surface area contributed by atoms with Crippen LogP contribution >= 0.6 is 0 Å². The van der Waals surface area contributed by atoms with Gasteiger partial charge in [-0.1, -0.05) is 23.4 Å². The van der Waals surface area contributed by atoms with Crippen LogP contribution in [0.5, 0.6) is 0 Å². The van der Waals surface area contributed by atoms with E-state index in [1.165, 1.54) is 38.1 Å². The van der Waals surface area contributed by atoms with Gasteiger partial charge in [0.15, 0.2) is 6.10 Å². The lowest BCUT2D eigenvalue weighted by atomic mass is 10.1. The number of carbonyl (C=O) groups excluding carboxylic acids is 1. The van der Waals surface area contributed by atoms with E-state index in [1.807, 2.05) is 0 Å². The molecule has 3 aromatic rings. The van der Waals surface area contributed by atoms with Gasteiger partial charge in [-0.05, 0) is 32.0 Å². The molecule has 3 rings (SSSR count). The Morgan fingerprint density at radius 2 is 1.97 bits per heavy atom. The van der Waals surface area contributed by atoms with Crippen molar-refractivity contribution in [1.82, 2.24) is 10.1 Å². The first-order valence-corrected chi connectivity index (χ1v) is 8.53. The van der Waals surface area contributed by atoms with Crippen LogP contribution in [0.4, 0.5) is 18.9 Å². The molecule has 156 valence electrons. The molecule has 0 aliphatic carbocycles. The molecule has 0 bridgehead atoms. The molecule has 0 fully saturated rings. The number of nitro groups is 1. The lowest BCUT2D eigenvalue weighted by molar-refractivity contribution is -0.385. The third kappa shape index (κ3) is 4.45. The second-order valence-corrected chi connectivity index (χ2v) is 6.34. The van der Waals surface area contributed by atoms with Crippen molar-refractivity contribution < 1.29 is 32.1 Å². The molecule has 1 aromatic heterocycles. The van der Waals surface area contributed by atoms with Gasteiger partial charge in [0.2, 0.25) is 5.82 Å². The van der Waals surface area contributed by atoms with E-state index in [9.17, 15) is 28.1 Å². The highest BCUT2D eigenvalue weighted by Crippen LogP contribution is 2.32. The number of alkyl halides is 3. The molecule has 0 saturated heterocycles. The number of ether oxygens (including phenoxy) is 1. The van der Waals surface area contributed by atoms with Gasteiger partial charge in [0.05, 0.1) is 16.1 Å². The number of rotatable bonds is 5. The maximum atomic E-state index is 12.9. The van der Waals surface area contributed by atoms with Gasteiger partial charge in [0, 0.05) is 17.2 Å². The first kappa shape index (κ1) is 21.0. The molecule has 1 atom stereocenters. The highest BCUT2D eigenvalue weighted by atomic mass is 19.4. The molecule has 0 aliphatic heterocycles. The minimum absolute atomic E-state index is 0.0447. The van der Waals surface area contributed by atoms with Crippen LogP contribution in [0.1, 0.15) is 40.4 Å². The minimum Gasteiger partial charge on any atom is -0.449 e. The Morgan fingerprint density at radius 3 is 2.63 bits per heavy atom. The van der Waals surface area contributed by atoms with E-state index in [1.54, 1.807) is 0 Å². The van der Waals surface area contributed by atoms with E-state index in [-0.39, 0.29) is 28.5 Å². The topological polar surface area (TPSA) is 108 Å². The number of carbonyl (C=O) groups is 1. The van der Waals surface area contributed by atoms with Crippen molar-refractivity contribution in [3.05, 3.63) is 75.2 Å². The van der Waals surface area contributed by atoms with Crippen molar-refractivity contribution in [2.24, 2.45) is 0 Å². The van der Waals surface area contributed by atoms with Crippen molar-refractivity contribution in [2.45, 2.75) is 26.1 Å². The fourth-order valence-electron chi connectivity index (χ4n) is 2.56. The fourth-order valence-corrected chi connectivity index (χ4v) is 2.56. The molecule has 30 heavy (non-hydrogen) atoms. The zero-order valence-electron chi connectivity index (χ0n) is 15.6. The third-order valence-corrected chi connectivity index (χ3v) is 4.16.